The van der Waals surface area contributed by atoms with Gasteiger partial charge in [-0.2, -0.15) is 0 Å². The number of aliphatic hydroxyl groups is 1. The van der Waals surface area contributed by atoms with E-state index in [2.05, 4.69) is 6.58 Å². The summed E-state index contributed by atoms with van der Waals surface area (Å²) in [4.78, 5) is 1.97. The number of halogens is 1. The molecule has 0 fully saturated rings. The van der Waals surface area contributed by atoms with Crippen molar-refractivity contribution in [2.24, 2.45) is 0 Å². The van der Waals surface area contributed by atoms with Gasteiger partial charge in [0.1, 0.15) is 5.82 Å². The highest BCUT2D eigenvalue weighted by Gasteiger charge is 2.15. The zero-order valence-electron chi connectivity index (χ0n) is 10.5. The van der Waals surface area contributed by atoms with Crippen LogP contribution in [0.5, 0.6) is 0 Å². The summed E-state index contributed by atoms with van der Waals surface area (Å²) in [7, 11) is 1.91. The summed E-state index contributed by atoms with van der Waals surface area (Å²) in [5.41, 5.74) is 1.12. The van der Waals surface area contributed by atoms with Crippen molar-refractivity contribution in [3.63, 3.8) is 0 Å². The molecule has 1 N–H and O–H groups in total. The Hall–Kier alpha value is -1.35. The first-order valence-electron chi connectivity index (χ1n) is 5.86. The molecule has 2 nitrogen and oxygen atoms in total. The first-order chi connectivity index (χ1) is 8.07. The van der Waals surface area contributed by atoms with E-state index in [4.69, 9.17) is 0 Å². The first-order valence-corrected chi connectivity index (χ1v) is 5.86. The number of hydrogen-bond acceptors (Lipinski definition) is 2. The monoisotopic (exact) mass is 237 g/mol. The van der Waals surface area contributed by atoms with Crippen LogP contribution in [0.2, 0.25) is 0 Å². The summed E-state index contributed by atoms with van der Waals surface area (Å²) in [6.45, 7) is 6.07. The number of nitrogens with zero attached hydrogens (tertiary/aromatic N) is 1. The van der Waals surface area contributed by atoms with Gasteiger partial charge in [-0.1, -0.05) is 12.1 Å². The number of hydrogen-bond donors (Lipinski definition) is 1. The molecule has 0 aliphatic carbocycles. The van der Waals surface area contributed by atoms with E-state index in [0.717, 1.165) is 25.1 Å². The van der Waals surface area contributed by atoms with Gasteiger partial charge in [-0.3, -0.25) is 0 Å². The van der Waals surface area contributed by atoms with Gasteiger partial charge in [0.15, 0.2) is 0 Å². The molecule has 0 aliphatic rings. The van der Waals surface area contributed by atoms with Crippen molar-refractivity contribution in [2.75, 3.05) is 18.5 Å². The largest absolute Gasteiger partial charge is 0.389 e. The molecule has 0 aliphatic heterocycles. The minimum absolute atomic E-state index is 0.354. The third-order valence-electron chi connectivity index (χ3n) is 2.76. The zero-order valence-corrected chi connectivity index (χ0v) is 10.5. The Morgan fingerprint density at radius 2 is 2.24 bits per heavy atom. The topological polar surface area (TPSA) is 23.5 Å². The number of allylic oxidation sites excluding steroid dienone is 1. The van der Waals surface area contributed by atoms with Gasteiger partial charge in [0.25, 0.3) is 0 Å². The minimum atomic E-state index is -0.798. The molecule has 0 radical (unpaired) electrons. The Kier molecular flexibility index (Phi) is 5.16. The van der Waals surface area contributed by atoms with Gasteiger partial charge in [-0.05, 0) is 31.9 Å². The Morgan fingerprint density at radius 1 is 1.53 bits per heavy atom. The highest BCUT2D eigenvalue weighted by atomic mass is 19.1. The van der Waals surface area contributed by atoms with Crippen LogP contribution in [-0.2, 0) is 0 Å². The Bertz CT molecular complexity index is 376. The lowest BCUT2D eigenvalue weighted by Gasteiger charge is -2.23. The van der Waals surface area contributed by atoms with E-state index in [1.165, 1.54) is 6.07 Å². The van der Waals surface area contributed by atoms with Gasteiger partial charge in [-0.15, -0.1) is 6.58 Å². The Labute approximate surface area is 102 Å². The van der Waals surface area contributed by atoms with Crippen molar-refractivity contribution < 1.29 is 9.50 Å². The van der Waals surface area contributed by atoms with Gasteiger partial charge >= 0.3 is 0 Å². The van der Waals surface area contributed by atoms with Crippen LogP contribution >= 0.6 is 0 Å². The average molecular weight is 237 g/mol. The van der Waals surface area contributed by atoms with Crippen LogP contribution in [-0.4, -0.2) is 18.7 Å². The van der Waals surface area contributed by atoms with E-state index >= 15 is 0 Å². The molecule has 1 atom stereocenters. The van der Waals surface area contributed by atoms with Crippen molar-refractivity contribution in [1.82, 2.24) is 0 Å². The van der Waals surface area contributed by atoms with E-state index in [-0.39, 0.29) is 5.82 Å². The second-order valence-electron chi connectivity index (χ2n) is 4.20. The van der Waals surface area contributed by atoms with Gasteiger partial charge < -0.3 is 10.0 Å². The van der Waals surface area contributed by atoms with Crippen molar-refractivity contribution in [1.29, 1.82) is 0 Å². The third kappa shape index (κ3) is 3.56. The lowest BCUT2D eigenvalue weighted by molar-refractivity contribution is 0.194. The first kappa shape index (κ1) is 13.7. The lowest BCUT2D eigenvalue weighted by atomic mass is 10.1. The molecule has 3 heteroatoms. The molecule has 1 aromatic rings. The van der Waals surface area contributed by atoms with E-state index in [1.807, 2.05) is 24.1 Å². The Morgan fingerprint density at radius 3 is 2.82 bits per heavy atom. The second kappa shape index (κ2) is 6.40. The molecular weight excluding hydrogens is 217 g/mol. The minimum Gasteiger partial charge on any atom is -0.389 e. The molecule has 0 bridgehead atoms. The maximum absolute atomic E-state index is 13.6. The van der Waals surface area contributed by atoms with Crippen LogP contribution in [0.15, 0.2) is 30.9 Å². The number of benzene rings is 1. The predicted molar refractivity (Wildman–Crippen MR) is 69.7 cm³/mol. The third-order valence-corrected chi connectivity index (χ3v) is 2.76. The maximum Gasteiger partial charge on any atom is 0.131 e. The van der Waals surface area contributed by atoms with E-state index < -0.39 is 6.10 Å². The predicted octanol–water partition coefficient (Wildman–Crippen LogP) is 3.28. The molecule has 0 amide bonds. The fourth-order valence-corrected chi connectivity index (χ4v) is 1.87. The molecule has 94 valence electrons. The molecule has 0 unspecified atom stereocenters. The maximum atomic E-state index is 13.6. The molecule has 0 heterocycles. The normalized spacial score (nSPS) is 12.2. The standard InChI is InChI=1S/C14H20FNO/c1-4-5-6-10-16(3)13-9-7-8-12(15)14(13)11(2)17/h4,7-9,11,17H,1,5-6,10H2,2-3H3/t11-/m0/s1. The molecule has 1 aromatic carbocycles. The zero-order chi connectivity index (χ0) is 12.8. The quantitative estimate of drug-likeness (QED) is 0.606. The fraction of sp³-hybridized carbons (Fsp3) is 0.429. The molecule has 0 saturated carbocycles. The fourth-order valence-electron chi connectivity index (χ4n) is 1.87. The van der Waals surface area contributed by atoms with Gasteiger partial charge in [-0.25, -0.2) is 4.39 Å². The van der Waals surface area contributed by atoms with Gasteiger partial charge in [0.2, 0.25) is 0 Å². The van der Waals surface area contributed by atoms with Gasteiger partial charge in [0, 0.05) is 24.8 Å². The van der Waals surface area contributed by atoms with Crippen LogP contribution in [0.4, 0.5) is 10.1 Å². The van der Waals surface area contributed by atoms with E-state index in [0.29, 0.717) is 5.56 Å². The molecule has 0 saturated heterocycles. The summed E-state index contributed by atoms with van der Waals surface area (Å²) >= 11 is 0. The lowest BCUT2D eigenvalue weighted by Crippen LogP contribution is -2.21. The van der Waals surface area contributed by atoms with Crippen LogP contribution in [0.1, 0.15) is 31.4 Å². The smallest absolute Gasteiger partial charge is 0.131 e. The van der Waals surface area contributed by atoms with Crippen LogP contribution in [0.25, 0.3) is 0 Å². The van der Waals surface area contributed by atoms with Crippen LogP contribution in [0.3, 0.4) is 0 Å². The molecular formula is C14H20FNO. The molecule has 0 spiro atoms. The van der Waals surface area contributed by atoms with E-state index in [9.17, 15) is 9.50 Å². The summed E-state index contributed by atoms with van der Waals surface area (Å²) in [6.07, 6.45) is 2.97. The Balaban J connectivity index is 2.88. The molecule has 17 heavy (non-hydrogen) atoms. The van der Waals surface area contributed by atoms with Crippen LogP contribution < -0.4 is 4.90 Å². The summed E-state index contributed by atoms with van der Waals surface area (Å²) < 4.78 is 13.6. The average Bonchev–Trinajstić information content (AvgIpc) is 2.28. The summed E-state index contributed by atoms with van der Waals surface area (Å²) in [5.74, 6) is -0.354. The number of anilines is 1. The van der Waals surface area contributed by atoms with E-state index in [1.54, 1.807) is 13.0 Å². The SMILES string of the molecule is C=CCCCN(C)c1cccc(F)c1[C@H](C)O. The van der Waals surface area contributed by atoms with Gasteiger partial charge in [0.05, 0.1) is 6.10 Å². The number of aliphatic hydroxyl groups excluding tert-OH is 1. The number of unbranched alkanes of at least 4 members (excludes halogenated alkanes) is 1. The molecule has 0 aromatic heterocycles. The number of rotatable bonds is 6. The van der Waals surface area contributed by atoms with Crippen molar-refractivity contribution in [3.8, 4) is 0 Å². The highest BCUT2D eigenvalue weighted by molar-refractivity contribution is 5.54. The van der Waals surface area contributed by atoms with Crippen molar-refractivity contribution in [2.45, 2.75) is 25.9 Å². The van der Waals surface area contributed by atoms with Crippen LogP contribution in [0, 0.1) is 5.82 Å². The second-order valence-corrected chi connectivity index (χ2v) is 4.20. The molecule has 1 rings (SSSR count). The van der Waals surface area contributed by atoms with Crippen molar-refractivity contribution >= 4 is 5.69 Å². The van der Waals surface area contributed by atoms with Crippen molar-refractivity contribution in [3.05, 3.63) is 42.2 Å². The summed E-state index contributed by atoms with van der Waals surface area (Å²) in [5, 5.41) is 9.62. The highest BCUT2D eigenvalue weighted by Crippen LogP contribution is 2.28. The summed E-state index contributed by atoms with van der Waals surface area (Å²) in [6, 6.07) is 4.88.